The molecule has 7 nitrogen and oxygen atoms in total. The summed E-state index contributed by atoms with van der Waals surface area (Å²) in [6.45, 7) is 6.72. The van der Waals surface area contributed by atoms with Crippen molar-refractivity contribution in [3.05, 3.63) is 46.1 Å². The summed E-state index contributed by atoms with van der Waals surface area (Å²) in [4.78, 5) is 22.2. The van der Waals surface area contributed by atoms with Gasteiger partial charge in [-0.1, -0.05) is 6.92 Å². The number of rotatable bonds is 7. The molecular formula is C26H30F4N6O. The minimum Gasteiger partial charge on any atom is -0.380 e. The third kappa shape index (κ3) is 5.01. The lowest BCUT2D eigenvalue weighted by molar-refractivity contribution is 0.254. The van der Waals surface area contributed by atoms with Crippen molar-refractivity contribution in [2.24, 2.45) is 11.8 Å². The number of anilines is 2. The molecule has 1 saturated heterocycles. The Labute approximate surface area is 211 Å². The molecule has 37 heavy (non-hydrogen) atoms. The molecule has 1 unspecified atom stereocenters. The van der Waals surface area contributed by atoms with E-state index in [9.17, 15) is 18.0 Å². The van der Waals surface area contributed by atoms with Crippen molar-refractivity contribution >= 4 is 22.7 Å². The SMILES string of the molecule is CC(C)n1c(=O)c(-c2cc(F)c(NCC3C[C@H]3C)c(F)c2F)cc2cnc(N[C@@H]3CNC[C@@H](F)C3)nc21. The quantitative estimate of drug-likeness (QED) is 0.312. The van der Waals surface area contributed by atoms with E-state index >= 15 is 4.39 Å². The average molecular weight is 519 g/mol. The van der Waals surface area contributed by atoms with Gasteiger partial charge in [0.15, 0.2) is 11.6 Å². The van der Waals surface area contributed by atoms with Crippen molar-refractivity contribution in [2.75, 3.05) is 30.3 Å². The number of piperidine rings is 1. The zero-order chi connectivity index (χ0) is 26.4. The fraction of sp³-hybridized carbons (Fsp3) is 0.500. The number of alkyl halides is 1. The van der Waals surface area contributed by atoms with Crippen LogP contribution < -0.4 is 21.5 Å². The molecule has 5 rings (SSSR count). The van der Waals surface area contributed by atoms with Crippen LogP contribution in [0.25, 0.3) is 22.2 Å². The molecule has 1 aliphatic carbocycles. The molecule has 0 radical (unpaired) electrons. The van der Waals surface area contributed by atoms with Crippen molar-refractivity contribution < 1.29 is 17.6 Å². The van der Waals surface area contributed by atoms with Crippen molar-refractivity contribution in [3.8, 4) is 11.1 Å². The van der Waals surface area contributed by atoms with Crippen LogP contribution in [0.5, 0.6) is 0 Å². The third-order valence-electron chi connectivity index (χ3n) is 7.19. The Morgan fingerprint density at radius 1 is 1.14 bits per heavy atom. The van der Waals surface area contributed by atoms with Gasteiger partial charge in [-0.25, -0.2) is 22.5 Å². The van der Waals surface area contributed by atoms with Gasteiger partial charge in [0.1, 0.15) is 23.3 Å². The largest absolute Gasteiger partial charge is 0.380 e. The number of benzene rings is 1. The Morgan fingerprint density at radius 2 is 1.89 bits per heavy atom. The predicted molar refractivity (Wildman–Crippen MR) is 135 cm³/mol. The van der Waals surface area contributed by atoms with Gasteiger partial charge < -0.3 is 16.0 Å². The first-order chi connectivity index (χ1) is 17.6. The molecule has 1 aromatic carbocycles. The Bertz CT molecular complexity index is 1390. The highest BCUT2D eigenvalue weighted by Crippen LogP contribution is 2.38. The second-order valence-corrected chi connectivity index (χ2v) is 10.4. The molecule has 11 heteroatoms. The van der Waals surface area contributed by atoms with Gasteiger partial charge in [-0.15, -0.1) is 0 Å². The first-order valence-corrected chi connectivity index (χ1v) is 12.6. The fourth-order valence-electron chi connectivity index (χ4n) is 4.91. The van der Waals surface area contributed by atoms with Crippen molar-refractivity contribution in [2.45, 2.75) is 51.9 Å². The van der Waals surface area contributed by atoms with Gasteiger partial charge in [-0.2, -0.15) is 4.98 Å². The molecule has 198 valence electrons. The first kappa shape index (κ1) is 25.4. The topological polar surface area (TPSA) is 83.9 Å². The maximum atomic E-state index is 15.2. The van der Waals surface area contributed by atoms with E-state index in [0.717, 1.165) is 12.5 Å². The summed E-state index contributed by atoms with van der Waals surface area (Å²) >= 11 is 0. The summed E-state index contributed by atoms with van der Waals surface area (Å²) in [7, 11) is 0. The molecule has 2 aliphatic rings. The van der Waals surface area contributed by atoms with Gasteiger partial charge in [0.05, 0.1) is 5.56 Å². The minimum absolute atomic E-state index is 0.195. The molecule has 3 heterocycles. The number of hydrogen-bond acceptors (Lipinski definition) is 6. The number of fused-ring (bicyclic) bond motifs is 1. The van der Waals surface area contributed by atoms with Crippen LogP contribution in [0.2, 0.25) is 0 Å². The van der Waals surface area contributed by atoms with Gasteiger partial charge >= 0.3 is 0 Å². The second kappa shape index (κ2) is 9.92. The Kier molecular flexibility index (Phi) is 6.82. The van der Waals surface area contributed by atoms with E-state index in [2.05, 4.69) is 25.9 Å². The van der Waals surface area contributed by atoms with Crippen LogP contribution in [-0.4, -0.2) is 46.4 Å². The fourth-order valence-corrected chi connectivity index (χ4v) is 4.91. The van der Waals surface area contributed by atoms with Gasteiger partial charge in [0.25, 0.3) is 5.56 Å². The lowest BCUT2D eigenvalue weighted by Gasteiger charge is -2.26. The second-order valence-electron chi connectivity index (χ2n) is 10.4. The average Bonchev–Trinajstić information content (AvgIpc) is 3.55. The predicted octanol–water partition coefficient (Wildman–Crippen LogP) is 4.64. The molecular weight excluding hydrogens is 488 g/mol. The summed E-state index contributed by atoms with van der Waals surface area (Å²) in [5.41, 5.74) is -1.55. The first-order valence-electron chi connectivity index (χ1n) is 12.6. The number of hydrogen-bond donors (Lipinski definition) is 3. The molecule has 0 amide bonds. The highest BCUT2D eigenvalue weighted by Gasteiger charge is 2.33. The van der Waals surface area contributed by atoms with E-state index in [4.69, 9.17) is 0 Å². The Hall–Kier alpha value is -3.21. The number of halogens is 4. The van der Waals surface area contributed by atoms with Crippen LogP contribution in [0.3, 0.4) is 0 Å². The van der Waals surface area contributed by atoms with Crippen molar-refractivity contribution in [3.63, 3.8) is 0 Å². The summed E-state index contributed by atoms with van der Waals surface area (Å²) in [6, 6.07) is 1.57. The van der Waals surface area contributed by atoms with Crippen molar-refractivity contribution in [1.82, 2.24) is 19.9 Å². The van der Waals surface area contributed by atoms with Crippen LogP contribution >= 0.6 is 0 Å². The number of nitrogens with one attached hydrogen (secondary N) is 3. The van der Waals surface area contributed by atoms with Crippen molar-refractivity contribution in [1.29, 1.82) is 0 Å². The van der Waals surface area contributed by atoms with E-state index in [1.54, 1.807) is 13.8 Å². The standard InChI is InChI=1S/C26H30F4N6O/c1-12(2)36-24-15(9-33-26(35-24)34-17-6-16(27)10-31-11-17)5-19(25(36)37)18-7-20(28)23(22(30)21(18)29)32-8-14-4-13(14)3/h5,7,9,12-14,16-17,31-32H,4,6,8,10-11H2,1-3H3,(H,33,34,35)/t13-,14?,16+,17+/m1/s1. The normalized spacial score (nSPS) is 23.5. The molecule has 1 saturated carbocycles. The van der Waals surface area contributed by atoms with Gasteiger partial charge in [-0.05, 0) is 44.2 Å². The summed E-state index contributed by atoms with van der Waals surface area (Å²) in [5, 5.41) is 9.15. The molecule has 1 aliphatic heterocycles. The van der Waals surface area contributed by atoms with E-state index in [0.29, 0.717) is 43.3 Å². The molecule has 0 bridgehead atoms. The number of aromatic nitrogens is 3. The van der Waals surface area contributed by atoms with E-state index < -0.39 is 46.5 Å². The van der Waals surface area contributed by atoms with E-state index in [1.807, 2.05) is 6.92 Å². The zero-order valence-electron chi connectivity index (χ0n) is 20.9. The highest BCUT2D eigenvalue weighted by atomic mass is 19.2. The third-order valence-corrected chi connectivity index (χ3v) is 7.19. The molecule has 4 atom stereocenters. The number of pyridine rings is 1. The summed E-state index contributed by atoms with van der Waals surface area (Å²) in [6.07, 6.45) is 1.71. The molecule has 3 N–H and O–H groups in total. The monoisotopic (exact) mass is 518 g/mol. The van der Waals surface area contributed by atoms with Gasteiger partial charge in [0.2, 0.25) is 5.95 Å². The Morgan fingerprint density at radius 3 is 2.57 bits per heavy atom. The van der Waals surface area contributed by atoms with Crippen LogP contribution in [0.4, 0.5) is 29.2 Å². The van der Waals surface area contributed by atoms with Crippen LogP contribution in [0, 0.1) is 29.3 Å². The van der Waals surface area contributed by atoms with Crippen LogP contribution in [-0.2, 0) is 0 Å². The maximum absolute atomic E-state index is 15.2. The van der Waals surface area contributed by atoms with Gasteiger partial charge in [-0.3, -0.25) is 9.36 Å². The van der Waals surface area contributed by atoms with Gasteiger partial charge in [0, 0.05) is 55.3 Å². The Balaban J connectivity index is 1.54. The molecule has 3 aromatic rings. The summed E-state index contributed by atoms with van der Waals surface area (Å²) < 4.78 is 60.1. The van der Waals surface area contributed by atoms with E-state index in [-0.39, 0.29) is 23.2 Å². The number of nitrogens with zero attached hydrogens (tertiary/aromatic N) is 3. The lowest BCUT2D eigenvalue weighted by atomic mass is 10.0. The van der Waals surface area contributed by atoms with Crippen LogP contribution in [0.1, 0.15) is 39.7 Å². The highest BCUT2D eigenvalue weighted by molar-refractivity contribution is 5.82. The lowest BCUT2D eigenvalue weighted by Crippen LogP contribution is -2.44. The van der Waals surface area contributed by atoms with E-state index in [1.165, 1.54) is 16.8 Å². The minimum atomic E-state index is -1.36. The smallest absolute Gasteiger partial charge is 0.260 e. The summed E-state index contributed by atoms with van der Waals surface area (Å²) in [5.74, 6) is -2.65. The molecule has 2 aromatic heterocycles. The molecule has 0 spiro atoms. The molecule has 2 fully saturated rings. The maximum Gasteiger partial charge on any atom is 0.260 e. The zero-order valence-corrected chi connectivity index (χ0v) is 20.9. The van der Waals surface area contributed by atoms with Crippen LogP contribution in [0.15, 0.2) is 23.1 Å².